The van der Waals surface area contributed by atoms with E-state index in [0.29, 0.717) is 6.42 Å². The lowest BCUT2D eigenvalue weighted by Crippen LogP contribution is -2.62. The SMILES string of the molecule is COCC1O[C@H]2CC(C)=NC2[C@@H](O)[C@@H]1O[C@@H]1OC(CO)[C@@H](OC(C)(C)C)[C@H](O)C1C. The first-order chi connectivity index (χ1) is 14.1. The van der Waals surface area contributed by atoms with Crippen LogP contribution < -0.4 is 0 Å². The van der Waals surface area contributed by atoms with Crippen LogP contribution in [-0.2, 0) is 23.7 Å². The van der Waals surface area contributed by atoms with Crippen LogP contribution in [0.25, 0.3) is 0 Å². The Labute approximate surface area is 178 Å². The summed E-state index contributed by atoms with van der Waals surface area (Å²) in [7, 11) is 1.56. The summed E-state index contributed by atoms with van der Waals surface area (Å²) in [5, 5.41) is 31.7. The Kier molecular flexibility index (Phi) is 7.57. The maximum Gasteiger partial charge on any atom is 0.163 e. The normalized spacial score (nSPS) is 44.6. The topological polar surface area (TPSA) is 119 Å². The number of ether oxygens (including phenoxy) is 5. The highest BCUT2D eigenvalue weighted by molar-refractivity contribution is 5.84. The van der Waals surface area contributed by atoms with Gasteiger partial charge in [-0.2, -0.15) is 0 Å². The van der Waals surface area contributed by atoms with Crippen molar-refractivity contribution < 1.29 is 39.0 Å². The van der Waals surface area contributed by atoms with Gasteiger partial charge in [-0.15, -0.1) is 0 Å². The number of methoxy groups -OCH3 is 1. The highest BCUT2D eigenvalue weighted by Gasteiger charge is 2.52. The molecular weight excluding hydrogens is 394 g/mol. The predicted octanol–water partition coefficient (Wildman–Crippen LogP) is 0.277. The van der Waals surface area contributed by atoms with Crippen molar-refractivity contribution in [3.8, 4) is 0 Å². The van der Waals surface area contributed by atoms with Gasteiger partial charge in [-0.25, -0.2) is 0 Å². The van der Waals surface area contributed by atoms with E-state index in [2.05, 4.69) is 4.99 Å². The second kappa shape index (κ2) is 9.46. The molecule has 0 aromatic rings. The molecule has 3 heterocycles. The van der Waals surface area contributed by atoms with Crippen molar-refractivity contribution in [3.05, 3.63) is 0 Å². The maximum absolute atomic E-state index is 11.0. The van der Waals surface area contributed by atoms with E-state index >= 15 is 0 Å². The third-order valence-corrected chi connectivity index (χ3v) is 5.92. The van der Waals surface area contributed by atoms with Gasteiger partial charge in [0.25, 0.3) is 0 Å². The molecule has 3 rings (SSSR count). The van der Waals surface area contributed by atoms with E-state index in [1.165, 1.54) is 0 Å². The Morgan fingerprint density at radius 1 is 1.10 bits per heavy atom. The summed E-state index contributed by atoms with van der Waals surface area (Å²) >= 11 is 0. The van der Waals surface area contributed by atoms with Crippen LogP contribution in [0.3, 0.4) is 0 Å². The van der Waals surface area contributed by atoms with Crippen LogP contribution in [0.2, 0.25) is 0 Å². The zero-order valence-electron chi connectivity index (χ0n) is 18.7. The van der Waals surface area contributed by atoms with Crippen LogP contribution >= 0.6 is 0 Å². The second-order valence-electron chi connectivity index (χ2n) is 9.59. The number of aliphatic hydroxyl groups is 3. The fraction of sp³-hybridized carbons (Fsp3) is 0.952. The number of aliphatic imine (C=N–C) groups is 1. The van der Waals surface area contributed by atoms with Crippen molar-refractivity contribution in [2.75, 3.05) is 20.3 Å². The molecule has 0 bridgehead atoms. The van der Waals surface area contributed by atoms with Gasteiger partial charge in [0.15, 0.2) is 6.29 Å². The number of hydrogen-bond donors (Lipinski definition) is 3. The average Bonchev–Trinajstić information content (AvgIpc) is 3.03. The van der Waals surface area contributed by atoms with Crippen LogP contribution in [0.1, 0.15) is 41.0 Å². The molecule has 0 spiro atoms. The molecule has 4 unspecified atom stereocenters. The molecule has 9 nitrogen and oxygen atoms in total. The number of hydrogen-bond acceptors (Lipinski definition) is 9. The van der Waals surface area contributed by atoms with Gasteiger partial charge in [0.05, 0.1) is 31.0 Å². The van der Waals surface area contributed by atoms with Crippen molar-refractivity contribution in [1.29, 1.82) is 0 Å². The van der Waals surface area contributed by atoms with E-state index < -0.39 is 60.5 Å². The fourth-order valence-electron chi connectivity index (χ4n) is 4.48. The van der Waals surface area contributed by atoms with E-state index in [9.17, 15) is 15.3 Å². The highest BCUT2D eigenvalue weighted by Crippen LogP contribution is 2.36. The number of fused-ring (bicyclic) bond motifs is 1. The van der Waals surface area contributed by atoms with Gasteiger partial charge in [0.2, 0.25) is 0 Å². The summed E-state index contributed by atoms with van der Waals surface area (Å²) in [5.41, 5.74) is 0.418. The molecule has 2 fully saturated rings. The molecule has 3 N–H and O–H groups in total. The van der Waals surface area contributed by atoms with E-state index in [-0.39, 0.29) is 19.3 Å². The fourth-order valence-corrected chi connectivity index (χ4v) is 4.48. The van der Waals surface area contributed by atoms with Crippen molar-refractivity contribution in [2.24, 2.45) is 10.9 Å². The Bertz CT molecular complexity index is 606. The molecule has 174 valence electrons. The summed E-state index contributed by atoms with van der Waals surface area (Å²) in [6, 6.07) is -0.405. The van der Waals surface area contributed by atoms with Gasteiger partial charge in [-0.1, -0.05) is 6.92 Å². The summed E-state index contributed by atoms with van der Waals surface area (Å²) in [6.07, 6.45) is -4.92. The number of nitrogens with zero attached hydrogens (tertiary/aromatic N) is 1. The molecule has 0 aromatic carbocycles. The first-order valence-electron chi connectivity index (χ1n) is 10.7. The lowest BCUT2D eigenvalue weighted by molar-refractivity contribution is -0.332. The molecule has 9 heteroatoms. The molecule has 0 aliphatic carbocycles. The first kappa shape index (κ1) is 24.0. The van der Waals surface area contributed by atoms with Gasteiger partial charge >= 0.3 is 0 Å². The molecule has 0 amide bonds. The largest absolute Gasteiger partial charge is 0.394 e. The van der Waals surface area contributed by atoms with Gasteiger partial charge < -0.3 is 39.0 Å². The summed E-state index contributed by atoms with van der Waals surface area (Å²) in [4.78, 5) is 4.52. The van der Waals surface area contributed by atoms with Crippen LogP contribution in [0, 0.1) is 5.92 Å². The molecule has 3 aliphatic heterocycles. The van der Waals surface area contributed by atoms with Gasteiger partial charge in [-0.3, -0.25) is 4.99 Å². The summed E-state index contributed by atoms with van der Waals surface area (Å²) in [5.74, 6) is -0.456. The Morgan fingerprint density at radius 3 is 2.40 bits per heavy atom. The van der Waals surface area contributed by atoms with Crippen molar-refractivity contribution >= 4 is 5.71 Å². The zero-order chi connectivity index (χ0) is 22.2. The molecule has 3 aliphatic rings. The molecule has 30 heavy (non-hydrogen) atoms. The first-order valence-corrected chi connectivity index (χ1v) is 10.7. The molecule has 0 radical (unpaired) electrons. The van der Waals surface area contributed by atoms with Crippen molar-refractivity contribution in [2.45, 2.75) is 102 Å². The van der Waals surface area contributed by atoms with E-state index in [4.69, 9.17) is 23.7 Å². The van der Waals surface area contributed by atoms with Crippen LogP contribution in [0.5, 0.6) is 0 Å². The summed E-state index contributed by atoms with van der Waals surface area (Å²) < 4.78 is 29.5. The van der Waals surface area contributed by atoms with Gasteiger partial charge in [0, 0.05) is 25.2 Å². The third-order valence-electron chi connectivity index (χ3n) is 5.92. The Hall–Kier alpha value is -0.650. The minimum absolute atomic E-state index is 0.204. The van der Waals surface area contributed by atoms with E-state index in [1.807, 2.05) is 27.7 Å². The smallest absolute Gasteiger partial charge is 0.163 e. The van der Waals surface area contributed by atoms with E-state index in [1.54, 1.807) is 14.0 Å². The molecule has 2 saturated heterocycles. The Balaban J connectivity index is 1.76. The predicted molar refractivity (Wildman–Crippen MR) is 108 cm³/mol. The molecule has 10 atom stereocenters. The highest BCUT2D eigenvalue weighted by atomic mass is 16.7. The monoisotopic (exact) mass is 431 g/mol. The van der Waals surface area contributed by atoms with Crippen molar-refractivity contribution in [3.63, 3.8) is 0 Å². The lowest BCUT2D eigenvalue weighted by atomic mass is 9.90. The van der Waals surface area contributed by atoms with Crippen LogP contribution in [0.15, 0.2) is 4.99 Å². The molecule has 0 aromatic heterocycles. The molecule has 0 saturated carbocycles. The van der Waals surface area contributed by atoms with E-state index in [0.717, 1.165) is 5.71 Å². The Morgan fingerprint density at radius 2 is 1.80 bits per heavy atom. The van der Waals surface area contributed by atoms with Gasteiger partial charge in [0.1, 0.15) is 36.6 Å². The summed E-state index contributed by atoms with van der Waals surface area (Å²) in [6.45, 7) is 9.27. The number of rotatable bonds is 6. The minimum atomic E-state index is -0.915. The number of aliphatic hydroxyl groups excluding tert-OH is 3. The molecular formula is C21H37NO8. The van der Waals surface area contributed by atoms with Crippen molar-refractivity contribution in [1.82, 2.24) is 0 Å². The lowest BCUT2D eigenvalue weighted by Gasteiger charge is -2.48. The zero-order valence-corrected chi connectivity index (χ0v) is 18.7. The maximum atomic E-state index is 11.0. The van der Waals surface area contributed by atoms with Crippen LogP contribution in [-0.4, -0.2) is 102 Å². The standard InChI is InChI=1S/C21H37NO8/c1-10-7-12-15(22-10)17(25)18(14(27-12)9-26-6)29-20-11(2)16(24)19(13(8-23)28-20)30-21(3,4)5/h11-20,23-25H,7-9H2,1-6H3/t11?,12-,13?,14?,15?,16+,17+,18+,19+,20-/m0/s1. The van der Waals surface area contributed by atoms with Gasteiger partial charge in [-0.05, 0) is 27.7 Å². The second-order valence-corrected chi connectivity index (χ2v) is 9.59. The average molecular weight is 432 g/mol. The van der Waals surface area contributed by atoms with Crippen LogP contribution in [0.4, 0.5) is 0 Å². The minimum Gasteiger partial charge on any atom is -0.394 e. The quantitative estimate of drug-likeness (QED) is 0.549. The third kappa shape index (κ3) is 5.05.